The summed E-state index contributed by atoms with van der Waals surface area (Å²) in [6, 6.07) is 4.80. The van der Waals surface area contributed by atoms with Gasteiger partial charge in [0.2, 0.25) is 0 Å². The number of hydrogen-bond acceptors (Lipinski definition) is 4. The van der Waals surface area contributed by atoms with Gasteiger partial charge in [-0.25, -0.2) is 4.39 Å². The molecule has 0 bridgehead atoms. The second-order valence-corrected chi connectivity index (χ2v) is 4.29. The van der Waals surface area contributed by atoms with E-state index in [4.69, 9.17) is 10.3 Å². The van der Waals surface area contributed by atoms with E-state index in [1.165, 1.54) is 0 Å². The van der Waals surface area contributed by atoms with Gasteiger partial charge in [-0.1, -0.05) is 30.6 Å². The Balaban J connectivity index is 2.32. The normalized spacial score (nSPS) is 12.7. The molecule has 4 nitrogen and oxygen atoms in total. The molecule has 1 aromatic heterocycles. The molecule has 1 atom stereocenters. The Hall–Kier alpha value is -1.75. The number of nitrogens with two attached hydrogens (primary N) is 1. The Morgan fingerprint density at radius 2 is 2.22 bits per heavy atom. The lowest BCUT2D eigenvalue weighted by atomic mass is 10.1. The standard InChI is InChI=1S/C13H16FN3O/c1-3-5-10(15)12-16-13(18-17-12)9-7-4-6-8(2)11(9)14/h4,6-7,10H,3,5,15H2,1-2H3. The molecule has 2 aromatic rings. The topological polar surface area (TPSA) is 64.9 Å². The van der Waals surface area contributed by atoms with Crippen LogP contribution in [-0.4, -0.2) is 10.1 Å². The van der Waals surface area contributed by atoms with E-state index in [0.717, 1.165) is 12.8 Å². The highest BCUT2D eigenvalue weighted by Gasteiger charge is 2.17. The van der Waals surface area contributed by atoms with Crippen molar-refractivity contribution in [3.8, 4) is 11.5 Å². The second kappa shape index (κ2) is 5.27. The number of nitrogens with zero attached hydrogens (tertiary/aromatic N) is 2. The van der Waals surface area contributed by atoms with Gasteiger partial charge in [-0.05, 0) is 25.0 Å². The molecule has 1 heterocycles. The van der Waals surface area contributed by atoms with E-state index in [-0.39, 0.29) is 17.7 Å². The summed E-state index contributed by atoms with van der Waals surface area (Å²) in [6.07, 6.45) is 1.71. The van der Waals surface area contributed by atoms with E-state index in [9.17, 15) is 4.39 Å². The summed E-state index contributed by atoms with van der Waals surface area (Å²) in [7, 11) is 0. The molecule has 0 amide bonds. The largest absolute Gasteiger partial charge is 0.334 e. The monoisotopic (exact) mass is 249 g/mol. The molecule has 5 heteroatoms. The zero-order valence-corrected chi connectivity index (χ0v) is 10.5. The average Bonchev–Trinajstić information content (AvgIpc) is 2.82. The summed E-state index contributed by atoms with van der Waals surface area (Å²) in [5.74, 6) is 0.266. The molecule has 0 fully saturated rings. The molecule has 1 unspecified atom stereocenters. The molecule has 0 spiro atoms. The Bertz CT molecular complexity index is 539. The van der Waals surface area contributed by atoms with Crippen LogP contribution in [0.1, 0.15) is 37.2 Å². The Morgan fingerprint density at radius 3 is 2.94 bits per heavy atom. The summed E-state index contributed by atoms with van der Waals surface area (Å²) < 4.78 is 19.0. The molecule has 0 aliphatic rings. The maximum atomic E-state index is 13.9. The van der Waals surface area contributed by atoms with Crippen LogP contribution >= 0.6 is 0 Å². The van der Waals surface area contributed by atoms with Crippen molar-refractivity contribution in [2.45, 2.75) is 32.7 Å². The predicted octanol–water partition coefficient (Wildman–Crippen LogP) is 2.98. The summed E-state index contributed by atoms with van der Waals surface area (Å²) in [6.45, 7) is 3.72. The van der Waals surface area contributed by atoms with Crippen LogP contribution in [0.25, 0.3) is 11.5 Å². The summed E-state index contributed by atoms with van der Waals surface area (Å²) in [5, 5.41) is 3.80. The van der Waals surface area contributed by atoms with Crippen LogP contribution in [0.3, 0.4) is 0 Å². The minimum Gasteiger partial charge on any atom is -0.334 e. The molecule has 0 aliphatic carbocycles. The SMILES string of the molecule is CCCC(N)c1noc(-c2cccc(C)c2F)n1. The number of aryl methyl sites for hydroxylation is 1. The van der Waals surface area contributed by atoms with Gasteiger partial charge >= 0.3 is 0 Å². The molecule has 96 valence electrons. The number of rotatable bonds is 4. The van der Waals surface area contributed by atoms with Gasteiger partial charge in [0.05, 0.1) is 11.6 Å². The first-order chi connectivity index (χ1) is 8.63. The summed E-state index contributed by atoms with van der Waals surface area (Å²) in [5.41, 5.74) is 6.75. The minimum absolute atomic E-state index is 0.178. The Morgan fingerprint density at radius 1 is 1.44 bits per heavy atom. The maximum Gasteiger partial charge on any atom is 0.260 e. The summed E-state index contributed by atoms with van der Waals surface area (Å²) in [4.78, 5) is 4.16. The number of halogens is 1. The van der Waals surface area contributed by atoms with Crippen molar-refractivity contribution in [2.24, 2.45) is 5.73 Å². The highest BCUT2D eigenvalue weighted by Crippen LogP contribution is 2.24. The van der Waals surface area contributed by atoms with Crippen LogP contribution in [0.4, 0.5) is 4.39 Å². The van der Waals surface area contributed by atoms with E-state index in [2.05, 4.69) is 10.1 Å². The Kier molecular flexibility index (Phi) is 3.72. The lowest BCUT2D eigenvalue weighted by Crippen LogP contribution is -2.11. The van der Waals surface area contributed by atoms with E-state index in [1.54, 1.807) is 25.1 Å². The van der Waals surface area contributed by atoms with Crippen LogP contribution in [0.15, 0.2) is 22.7 Å². The molecule has 0 saturated heterocycles. The number of aromatic nitrogens is 2. The fraction of sp³-hybridized carbons (Fsp3) is 0.385. The number of hydrogen-bond donors (Lipinski definition) is 1. The van der Waals surface area contributed by atoms with Crippen molar-refractivity contribution in [1.82, 2.24) is 10.1 Å². The third-order valence-electron chi connectivity index (χ3n) is 2.80. The third kappa shape index (κ3) is 2.41. The van der Waals surface area contributed by atoms with E-state index >= 15 is 0 Å². The second-order valence-electron chi connectivity index (χ2n) is 4.29. The van der Waals surface area contributed by atoms with Gasteiger partial charge in [0.15, 0.2) is 5.82 Å². The molecular weight excluding hydrogens is 233 g/mol. The lowest BCUT2D eigenvalue weighted by molar-refractivity contribution is 0.411. The van der Waals surface area contributed by atoms with Crippen LogP contribution in [0.2, 0.25) is 0 Å². The van der Waals surface area contributed by atoms with Gasteiger partial charge in [-0.2, -0.15) is 4.98 Å². The zero-order chi connectivity index (χ0) is 13.1. The average molecular weight is 249 g/mol. The van der Waals surface area contributed by atoms with Crippen molar-refractivity contribution in [3.05, 3.63) is 35.4 Å². The van der Waals surface area contributed by atoms with Gasteiger partial charge in [-0.3, -0.25) is 0 Å². The quantitative estimate of drug-likeness (QED) is 0.904. The van der Waals surface area contributed by atoms with Crippen LogP contribution in [-0.2, 0) is 0 Å². The third-order valence-corrected chi connectivity index (χ3v) is 2.80. The van der Waals surface area contributed by atoms with Gasteiger partial charge in [0, 0.05) is 0 Å². The van der Waals surface area contributed by atoms with Gasteiger partial charge < -0.3 is 10.3 Å². The lowest BCUT2D eigenvalue weighted by Gasteiger charge is -2.02. The molecule has 2 rings (SSSR count). The fourth-order valence-corrected chi connectivity index (χ4v) is 1.75. The van der Waals surface area contributed by atoms with Crippen LogP contribution < -0.4 is 5.73 Å². The molecule has 2 N–H and O–H groups in total. The maximum absolute atomic E-state index is 13.9. The van der Waals surface area contributed by atoms with Crippen molar-refractivity contribution in [1.29, 1.82) is 0 Å². The highest BCUT2D eigenvalue weighted by molar-refractivity contribution is 5.55. The van der Waals surface area contributed by atoms with E-state index in [0.29, 0.717) is 17.0 Å². The zero-order valence-electron chi connectivity index (χ0n) is 10.5. The molecule has 0 radical (unpaired) electrons. The van der Waals surface area contributed by atoms with Crippen molar-refractivity contribution >= 4 is 0 Å². The van der Waals surface area contributed by atoms with Crippen LogP contribution in [0.5, 0.6) is 0 Å². The van der Waals surface area contributed by atoms with Crippen molar-refractivity contribution < 1.29 is 8.91 Å². The first-order valence-corrected chi connectivity index (χ1v) is 5.98. The molecule has 0 saturated carbocycles. The smallest absolute Gasteiger partial charge is 0.260 e. The van der Waals surface area contributed by atoms with Crippen LogP contribution in [0, 0.1) is 12.7 Å². The molecule has 18 heavy (non-hydrogen) atoms. The molecule has 1 aromatic carbocycles. The van der Waals surface area contributed by atoms with Gasteiger partial charge in [0.25, 0.3) is 5.89 Å². The van der Waals surface area contributed by atoms with Gasteiger partial charge in [-0.15, -0.1) is 0 Å². The van der Waals surface area contributed by atoms with Gasteiger partial charge in [0.1, 0.15) is 5.82 Å². The first-order valence-electron chi connectivity index (χ1n) is 5.98. The minimum atomic E-state index is -0.336. The summed E-state index contributed by atoms with van der Waals surface area (Å²) >= 11 is 0. The van der Waals surface area contributed by atoms with E-state index < -0.39 is 0 Å². The van der Waals surface area contributed by atoms with Crippen molar-refractivity contribution in [3.63, 3.8) is 0 Å². The molecular formula is C13H16FN3O. The van der Waals surface area contributed by atoms with E-state index in [1.807, 2.05) is 6.92 Å². The Labute approximate surface area is 105 Å². The number of benzene rings is 1. The van der Waals surface area contributed by atoms with Crippen molar-refractivity contribution in [2.75, 3.05) is 0 Å². The predicted molar refractivity (Wildman–Crippen MR) is 66.3 cm³/mol. The highest BCUT2D eigenvalue weighted by atomic mass is 19.1. The fourth-order valence-electron chi connectivity index (χ4n) is 1.75. The molecule has 0 aliphatic heterocycles. The first kappa shape index (κ1) is 12.7.